The summed E-state index contributed by atoms with van der Waals surface area (Å²) in [6.45, 7) is 4.09. The van der Waals surface area contributed by atoms with Crippen molar-refractivity contribution >= 4 is 5.78 Å². The minimum Gasteiger partial charge on any atom is -0.472 e. The van der Waals surface area contributed by atoms with Crippen LogP contribution in [-0.2, 0) is 11.2 Å². The molecule has 0 saturated carbocycles. The highest BCUT2D eigenvalue weighted by Gasteiger charge is 2.25. The molecule has 0 amide bonds. The Labute approximate surface area is 77.9 Å². The van der Waals surface area contributed by atoms with Crippen LogP contribution in [0.5, 0.6) is 0 Å². The Kier molecular flexibility index (Phi) is 2.88. The van der Waals surface area contributed by atoms with Gasteiger partial charge in [0.2, 0.25) is 0 Å². The van der Waals surface area contributed by atoms with Gasteiger partial charge < -0.3 is 10.2 Å². The van der Waals surface area contributed by atoms with Crippen molar-refractivity contribution in [3.63, 3.8) is 0 Å². The SMILES string of the molecule is CC(C)(CN)C(=O)Cc1ccoc1. The van der Waals surface area contributed by atoms with E-state index in [0.717, 1.165) is 5.56 Å². The van der Waals surface area contributed by atoms with Gasteiger partial charge in [0.25, 0.3) is 0 Å². The summed E-state index contributed by atoms with van der Waals surface area (Å²) in [6, 6.07) is 1.80. The zero-order chi connectivity index (χ0) is 9.90. The summed E-state index contributed by atoms with van der Waals surface area (Å²) in [5.41, 5.74) is 5.97. The number of ketones is 1. The van der Waals surface area contributed by atoms with Crippen molar-refractivity contribution in [1.29, 1.82) is 0 Å². The summed E-state index contributed by atoms with van der Waals surface area (Å²) in [5, 5.41) is 0. The number of nitrogens with two attached hydrogens (primary N) is 1. The molecule has 1 aromatic heterocycles. The second-order valence-electron chi connectivity index (χ2n) is 3.82. The van der Waals surface area contributed by atoms with E-state index in [4.69, 9.17) is 10.2 Å². The maximum Gasteiger partial charge on any atom is 0.144 e. The Balaban J connectivity index is 2.61. The van der Waals surface area contributed by atoms with Crippen molar-refractivity contribution in [2.24, 2.45) is 11.1 Å². The molecule has 0 aromatic carbocycles. The number of hydrogen-bond donors (Lipinski definition) is 1. The van der Waals surface area contributed by atoms with Crippen LogP contribution in [0.2, 0.25) is 0 Å². The number of carbonyl (C=O) groups excluding carboxylic acids is 1. The van der Waals surface area contributed by atoms with Crippen molar-refractivity contribution in [2.75, 3.05) is 6.54 Å². The zero-order valence-corrected chi connectivity index (χ0v) is 8.04. The third-order valence-electron chi connectivity index (χ3n) is 2.21. The molecule has 3 heteroatoms. The molecule has 0 fully saturated rings. The highest BCUT2D eigenvalue weighted by Crippen LogP contribution is 2.17. The summed E-state index contributed by atoms with van der Waals surface area (Å²) < 4.78 is 4.88. The average Bonchev–Trinajstić information content (AvgIpc) is 2.57. The van der Waals surface area contributed by atoms with Gasteiger partial charge in [-0.25, -0.2) is 0 Å². The van der Waals surface area contributed by atoms with Crippen LogP contribution in [0.1, 0.15) is 19.4 Å². The molecule has 0 atom stereocenters. The minimum atomic E-state index is -0.433. The van der Waals surface area contributed by atoms with Crippen LogP contribution in [-0.4, -0.2) is 12.3 Å². The van der Waals surface area contributed by atoms with Gasteiger partial charge in [0.15, 0.2) is 0 Å². The molecule has 0 unspecified atom stereocenters. The molecule has 3 nitrogen and oxygen atoms in total. The van der Waals surface area contributed by atoms with Crippen LogP contribution in [0.25, 0.3) is 0 Å². The van der Waals surface area contributed by atoms with E-state index in [9.17, 15) is 4.79 Å². The van der Waals surface area contributed by atoms with Crippen molar-refractivity contribution in [3.8, 4) is 0 Å². The number of rotatable bonds is 4. The highest BCUT2D eigenvalue weighted by molar-refractivity contribution is 5.86. The van der Waals surface area contributed by atoms with Crippen LogP contribution in [0.15, 0.2) is 23.0 Å². The van der Waals surface area contributed by atoms with Gasteiger partial charge in [-0.3, -0.25) is 4.79 Å². The third-order valence-corrected chi connectivity index (χ3v) is 2.21. The van der Waals surface area contributed by atoms with Gasteiger partial charge >= 0.3 is 0 Å². The predicted octanol–water partition coefficient (Wildman–Crippen LogP) is 1.38. The standard InChI is InChI=1S/C10H15NO2/c1-10(2,7-11)9(12)5-8-3-4-13-6-8/h3-4,6H,5,7,11H2,1-2H3. The molecule has 13 heavy (non-hydrogen) atoms. The predicted molar refractivity (Wildman–Crippen MR) is 50.3 cm³/mol. The molecule has 2 N–H and O–H groups in total. The Morgan fingerprint density at radius 2 is 2.31 bits per heavy atom. The maximum absolute atomic E-state index is 11.6. The summed E-state index contributed by atoms with van der Waals surface area (Å²) >= 11 is 0. The van der Waals surface area contributed by atoms with Gasteiger partial charge in [-0.1, -0.05) is 13.8 Å². The molecule has 1 aromatic rings. The molecule has 0 saturated heterocycles. The maximum atomic E-state index is 11.6. The van der Waals surface area contributed by atoms with Crippen molar-refractivity contribution in [1.82, 2.24) is 0 Å². The van der Waals surface area contributed by atoms with Gasteiger partial charge in [0.1, 0.15) is 5.78 Å². The first kappa shape index (κ1) is 9.99. The number of Topliss-reactive ketones (excluding diaryl/α,β-unsaturated/α-hetero) is 1. The Morgan fingerprint density at radius 3 is 2.77 bits per heavy atom. The lowest BCUT2D eigenvalue weighted by molar-refractivity contribution is -0.125. The molecule has 0 bridgehead atoms. The lowest BCUT2D eigenvalue weighted by atomic mass is 9.85. The number of carbonyl (C=O) groups is 1. The molecule has 1 rings (SSSR count). The fourth-order valence-corrected chi connectivity index (χ4v) is 0.932. The van der Waals surface area contributed by atoms with Gasteiger partial charge in [-0.15, -0.1) is 0 Å². The third kappa shape index (κ3) is 2.42. The fraction of sp³-hybridized carbons (Fsp3) is 0.500. The first-order chi connectivity index (χ1) is 6.06. The van der Waals surface area contributed by atoms with Crippen molar-refractivity contribution in [3.05, 3.63) is 24.2 Å². The van der Waals surface area contributed by atoms with E-state index >= 15 is 0 Å². The molecule has 0 aliphatic rings. The Bertz CT molecular complexity index is 275. The van der Waals surface area contributed by atoms with Gasteiger partial charge in [-0.05, 0) is 11.6 Å². The van der Waals surface area contributed by atoms with Gasteiger partial charge in [0, 0.05) is 18.4 Å². The minimum absolute atomic E-state index is 0.149. The Morgan fingerprint density at radius 1 is 1.62 bits per heavy atom. The highest BCUT2D eigenvalue weighted by atomic mass is 16.3. The van der Waals surface area contributed by atoms with Crippen LogP contribution in [0.4, 0.5) is 0 Å². The number of furan rings is 1. The number of hydrogen-bond acceptors (Lipinski definition) is 3. The first-order valence-corrected chi connectivity index (χ1v) is 4.31. The topological polar surface area (TPSA) is 56.2 Å². The smallest absolute Gasteiger partial charge is 0.144 e. The second-order valence-corrected chi connectivity index (χ2v) is 3.82. The molecule has 1 heterocycles. The lowest BCUT2D eigenvalue weighted by Crippen LogP contribution is -2.33. The van der Waals surface area contributed by atoms with Crippen LogP contribution < -0.4 is 5.73 Å². The van der Waals surface area contributed by atoms with Crippen LogP contribution in [0, 0.1) is 5.41 Å². The molecule has 0 aliphatic carbocycles. The van der Waals surface area contributed by atoms with Gasteiger partial charge in [0.05, 0.1) is 12.5 Å². The molecule has 0 spiro atoms. The van der Waals surface area contributed by atoms with E-state index in [1.54, 1.807) is 18.6 Å². The zero-order valence-electron chi connectivity index (χ0n) is 8.04. The largest absolute Gasteiger partial charge is 0.472 e. The molecule has 0 radical (unpaired) electrons. The van der Waals surface area contributed by atoms with Crippen molar-refractivity contribution in [2.45, 2.75) is 20.3 Å². The summed E-state index contributed by atoms with van der Waals surface area (Å²) in [6.07, 6.45) is 3.56. The van der Waals surface area contributed by atoms with Gasteiger partial charge in [-0.2, -0.15) is 0 Å². The second kappa shape index (κ2) is 3.75. The quantitative estimate of drug-likeness (QED) is 0.763. The van der Waals surface area contributed by atoms with E-state index in [1.807, 2.05) is 13.8 Å². The summed E-state index contributed by atoms with van der Waals surface area (Å²) in [7, 11) is 0. The fourth-order valence-electron chi connectivity index (χ4n) is 0.932. The molecule has 72 valence electrons. The summed E-state index contributed by atoms with van der Waals surface area (Å²) in [4.78, 5) is 11.6. The lowest BCUT2D eigenvalue weighted by Gasteiger charge is -2.19. The van der Waals surface area contributed by atoms with Crippen LogP contribution in [0.3, 0.4) is 0 Å². The van der Waals surface area contributed by atoms with E-state index < -0.39 is 5.41 Å². The molecule has 0 aliphatic heterocycles. The van der Waals surface area contributed by atoms with Crippen LogP contribution >= 0.6 is 0 Å². The molecular weight excluding hydrogens is 166 g/mol. The monoisotopic (exact) mass is 181 g/mol. The summed E-state index contributed by atoms with van der Waals surface area (Å²) in [5.74, 6) is 0.149. The average molecular weight is 181 g/mol. The van der Waals surface area contributed by atoms with E-state index in [0.29, 0.717) is 13.0 Å². The Hall–Kier alpha value is -1.09. The van der Waals surface area contributed by atoms with E-state index in [1.165, 1.54) is 0 Å². The first-order valence-electron chi connectivity index (χ1n) is 4.31. The van der Waals surface area contributed by atoms with E-state index in [-0.39, 0.29) is 5.78 Å². The molecular formula is C10H15NO2. The van der Waals surface area contributed by atoms with E-state index in [2.05, 4.69) is 0 Å². The van der Waals surface area contributed by atoms with Crippen molar-refractivity contribution < 1.29 is 9.21 Å². The normalized spacial score (nSPS) is 11.6.